The number of hydrogen-bond donors (Lipinski definition) is 1. The quantitative estimate of drug-likeness (QED) is 0.828. The number of likely N-dealkylation sites (N-methyl/N-ethyl adjacent to an activating group) is 1. The Labute approximate surface area is 108 Å². The van der Waals surface area contributed by atoms with Crippen LogP contribution in [0, 0.1) is 0 Å². The zero-order valence-electron chi connectivity index (χ0n) is 10.9. The number of piperidine rings is 1. The molecule has 3 rings (SSSR count). The summed E-state index contributed by atoms with van der Waals surface area (Å²) in [6.45, 7) is 1.19. The number of phenols is 1. The van der Waals surface area contributed by atoms with Gasteiger partial charge in [0.15, 0.2) is 0 Å². The molecule has 3 heteroatoms. The van der Waals surface area contributed by atoms with Crippen molar-refractivity contribution >= 4 is 0 Å². The minimum absolute atomic E-state index is 0.312. The molecule has 2 heterocycles. The molecule has 0 aromatic heterocycles. The van der Waals surface area contributed by atoms with Crippen molar-refractivity contribution in [3.8, 4) is 11.5 Å². The first kappa shape index (κ1) is 11.8. The highest BCUT2D eigenvalue weighted by Crippen LogP contribution is 2.33. The van der Waals surface area contributed by atoms with Gasteiger partial charge in [-0.15, -0.1) is 0 Å². The van der Waals surface area contributed by atoms with Crippen LogP contribution in [-0.4, -0.2) is 35.7 Å². The first-order chi connectivity index (χ1) is 8.74. The number of rotatable bonds is 1. The van der Waals surface area contributed by atoms with E-state index < -0.39 is 0 Å². The summed E-state index contributed by atoms with van der Waals surface area (Å²) in [5, 5.41) is 9.48. The van der Waals surface area contributed by atoms with Gasteiger partial charge in [0.1, 0.15) is 17.6 Å². The predicted octanol–water partition coefficient (Wildman–Crippen LogP) is 2.57. The topological polar surface area (TPSA) is 32.7 Å². The number of hydrogen-bond acceptors (Lipinski definition) is 3. The molecule has 0 unspecified atom stereocenters. The zero-order chi connectivity index (χ0) is 12.5. The third kappa shape index (κ3) is 2.19. The largest absolute Gasteiger partial charge is 0.508 e. The molecule has 0 spiro atoms. The fraction of sp³-hybridized carbons (Fsp3) is 0.600. The van der Waals surface area contributed by atoms with Gasteiger partial charge in [0.25, 0.3) is 0 Å². The van der Waals surface area contributed by atoms with Crippen LogP contribution in [0.2, 0.25) is 0 Å². The van der Waals surface area contributed by atoms with Crippen LogP contribution in [0.1, 0.15) is 31.2 Å². The summed E-state index contributed by atoms with van der Waals surface area (Å²) in [5.74, 6) is 1.30. The molecule has 0 aliphatic carbocycles. The number of nitrogens with zero attached hydrogens (tertiary/aromatic N) is 1. The van der Waals surface area contributed by atoms with Crippen LogP contribution in [-0.2, 0) is 6.42 Å². The first-order valence-corrected chi connectivity index (χ1v) is 6.93. The normalized spacial score (nSPS) is 28.5. The summed E-state index contributed by atoms with van der Waals surface area (Å²) >= 11 is 0. The van der Waals surface area contributed by atoms with Crippen LogP contribution in [0.5, 0.6) is 11.5 Å². The van der Waals surface area contributed by atoms with Crippen molar-refractivity contribution in [3.63, 3.8) is 0 Å². The smallest absolute Gasteiger partial charge is 0.123 e. The molecule has 0 bridgehead atoms. The molecule has 98 valence electrons. The lowest BCUT2D eigenvalue weighted by Crippen LogP contribution is -2.48. The van der Waals surface area contributed by atoms with Gasteiger partial charge in [0.2, 0.25) is 0 Å². The van der Waals surface area contributed by atoms with Gasteiger partial charge in [-0.2, -0.15) is 0 Å². The van der Waals surface area contributed by atoms with Gasteiger partial charge in [-0.05, 0) is 63.0 Å². The van der Waals surface area contributed by atoms with E-state index in [2.05, 4.69) is 11.9 Å². The average molecular weight is 247 g/mol. The maximum atomic E-state index is 9.48. The molecule has 3 nitrogen and oxygen atoms in total. The number of benzene rings is 1. The molecule has 1 aromatic carbocycles. The van der Waals surface area contributed by atoms with Crippen LogP contribution in [0.3, 0.4) is 0 Å². The molecule has 0 amide bonds. The molecule has 2 atom stereocenters. The predicted molar refractivity (Wildman–Crippen MR) is 71.1 cm³/mol. The van der Waals surface area contributed by atoms with Gasteiger partial charge < -0.3 is 9.84 Å². The van der Waals surface area contributed by atoms with Crippen molar-refractivity contribution < 1.29 is 9.84 Å². The number of phenolic OH excluding ortho intramolecular Hbond substituents is 1. The van der Waals surface area contributed by atoms with E-state index in [9.17, 15) is 5.11 Å². The molecule has 0 saturated carbocycles. The second-order valence-electron chi connectivity index (χ2n) is 5.53. The molecule has 0 radical (unpaired) electrons. The fourth-order valence-corrected chi connectivity index (χ4v) is 3.24. The van der Waals surface area contributed by atoms with Crippen molar-refractivity contribution in [3.05, 3.63) is 23.8 Å². The van der Waals surface area contributed by atoms with E-state index >= 15 is 0 Å². The highest BCUT2D eigenvalue weighted by molar-refractivity contribution is 5.41. The third-order valence-electron chi connectivity index (χ3n) is 4.28. The van der Waals surface area contributed by atoms with Crippen LogP contribution in [0.4, 0.5) is 0 Å². The van der Waals surface area contributed by atoms with E-state index in [0.29, 0.717) is 17.9 Å². The number of aromatic hydroxyl groups is 1. The maximum Gasteiger partial charge on any atom is 0.123 e. The minimum Gasteiger partial charge on any atom is -0.508 e. The monoisotopic (exact) mass is 247 g/mol. The van der Waals surface area contributed by atoms with E-state index in [0.717, 1.165) is 24.2 Å². The van der Waals surface area contributed by atoms with Gasteiger partial charge in [-0.1, -0.05) is 6.42 Å². The lowest BCUT2D eigenvalue weighted by atomic mass is 9.91. The lowest BCUT2D eigenvalue weighted by molar-refractivity contribution is 0.0447. The van der Waals surface area contributed by atoms with E-state index in [-0.39, 0.29) is 0 Å². The number of likely N-dealkylation sites (tertiary alicyclic amines) is 1. The number of ether oxygens (including phenoxy) is 1. The second-order valence-corrected chi connectivity index (χ2v) is 5.53. The van der Waals surface area contributed by atoms with E-state index in [1.54, 1.807) is 6.07 Å². The van der Waals surface area contributed by atoms with Crippen molar-refractivity contribution in [1.82, 2.24) is 4.90 Å². The molecule has 18 heavy (non-hydrogen) atoms. The lowest BCUT2D eigenvalue weighted by Gasteiger charge is -2.40. The van der Waals surface area contributed by atoms with Gasteiger partial charge in [0, 0.05) is 6.04 Å². The fourth-order valence-electron chi connectivity index (χ4n) is 3.24. The molecule has 2 aliphatic rings. The number of fused-ring (bicyclic) bond motifs is 1. The van der Waals surface area contributed by atoms with Gasteiger partial charge >= 0.3 is 0 Å². The molecule has 1 fully saturated rings. The summed E-state index contributed by atoms with van der Waals surface area (Å²) in [4.78, 5) is 2.44. The highest BCUT2D eigenvalue weighted by atomic mass is 16.5. The molecular weight excluding hydrogens is 226 g/mol. The third-order valence-corrected chi connectivity index (χ3v) is 4.28. The highest BCUT2D eigenvalue weighted by Gasteiger charge is 2.31. The average Bonchev–Trinajstić information content (AvgIpc) is 2.39. The molecule has 1 aromatic rings. The second kappa shape index (κ2) is 4.81. The van der Waals surface area contributed by atoms with E-state index in [4.69, 9.17) is 4.74 Å². The first-order valence-electron chi connectivity index (χ1n) is 6.93. The Morgan fingerprint density at radius 2 is 2.17 bits per heavy atom. The molecular formula is C15H21NO2. The zero-order valence-corrected chi connectivity index (χ0v) is 10.9. The molecule has 2 aliphatic heterocycles. The molecule has 1 saturated heterocycles. The Balaban J connectivity index is 1.76. The summed E-state index contributed by atoms with van der Waals surface area (Å²) in [6.07, 6.45) is 6.26. The Morgan fingerprint density at radius 1 is 1.28 bits per heavy atom. The summed E-state index contributed by atoms with van der Waals surface area (Å²) in [6, 6.07) is 6.00. The Morgan fingerprint density at radius 3 is 3.00 bits per heavy atom. The van der Waals surface area contributed by atoms with E-state index in [1.165, 1.54) is 25.8 Å². The number of aryl methyl sites for hydroxylation is 1. The van der Waals surface area contributed by atoms with Crippen LogP contribution in [0.25, 0.3) is 0 Å². The Kier molecular flexibility index (Phi) is 3.16. The standard InChI is InChI=1S/C15H21NO2/c1-16-9-3-2-4-13(16)15-7-5-11-10-12(17)6-8-14(11)18-15/h6,8,10,13,15,17H,2-5,7,9H2,1H3/t13-,15-/m1/s1. The van der Waals surface area contributed by atoms with Gasteiger partial charge in [0.05, 0.1) is 0 Å². The Bertz CT molecular complexity index is 433. The summed E-state index contributed by atoms with van der Waals surface area (Å²) < 4.78 is 6.14. The van der Waals surface area contributed by atoms with Gasteiger partial charge in [-0.3, -0.25) is 4.90 Å². The Hall–Kier alpha value is -1.22. The van der Waals surface area contributed by atoms with Gasteiger partial charge in [-0.25, -0.2) is 0 Å². The van der Waals surface area contributed by atoms with Crippen molar-refractivity contribution in [1.29, 1.82) is 0 Å². The van der Waals surface area contributed by atoms with E-state index in [1.807, 2.05) is 12.1 Å². The van der Waals surface area contributed by atoms with Crippen LogP contribution < -0.4 is 4.74 Å². The van der Waals surface area contributed by atoms with Crippen LogP contribution >= 0.6 is 0 Å². The minimum atomic E-state index is 0.312. The molecule has 1 N–H and O–H groups in total. The van der Waals surface area contributed by atoms with Crippen molar-refractivity contribution in [2.24, 2.45) is 0 Å². The summed E-state index contributed by atoms with van der Waals surface area (Å²) in [7, 11) is 2.21. The van der Waals surface area contributed by atoms with Crippen LogP contribution in [0.15, 0.2) is 18.2 Å². The summed E-state index contributed by atoms with van der Waals surface area (Å²) in [5.41, 5.74) is 1.14. The van der Waals surface area contributed by atoms with Crippen molar-refractivity contribution in [2.45, 2.75) is 44.2 Å². The maximum absolute atomic E-state index is 9.48. The SMILES string of the molecule is CN1CCCC[C@@H]1[C@H]1CCc2cc(O)ccc2O1. The van der Waals surface area contributed by atoms with Crippen molar-refractivity contribution in [2.75, 3.05) is 13.6 Å².